The van der Waals surface area contributed by atoms with Crippen LogP contribution in [0.2, 0.25) is 0 Å². The summed E-state index contributed by atoms with van der Waals surface area (Å²) in [5.41, 5.74) is 0.959. The molecule has 8 heteroatoms. The van der Waals surface area contributed by atoms with Crippen molar-refractivity contribution in [3.63, 3.8) is 0 Å². The molecule has 0 radical (unpaired) electrons. The number of aryl methyl sites for hydroxylation is 1. The minimum Gasteiger partial charge on any atom is -0.454 e. The Morgan fingerprint density at radius 1 is 1.15 bits per heavy atom. The summed E-state index contributed by atoms with van der Waals surface area (Å²) in [5.74, 6) is -1.97. The number of carbonyl (C=O) groups excluding carboxylic acids is 4. The Balaban J connectivity index is 2.35. The van der Waals surface area contributed by atoms with Crippen LogP contribution in [0.4, 0.5) is 0 Å². The number of esters is 1. The third-order valence-electron chi connectivity index (χ3n) is 3.35. The lowest BCUT2D eigenvalue weighted by atomic mass is 10.1. The zero-order chi connectivity index (χ0) is 20.6. The average Bonchev–Trinajstić information content (AvgIpc) is 2.55. The molecule has 0 heterocycles. The van der Waals surface area contributed by atoms with Crippen LogP contribution in [0.1, 0.15) is 36.7 Å². The van der Waals surface area contributed by atoms with Crippen molar-refractivity contribution in [3.8, 4) is 0 Å². The van der Waals surface area contributed by atoms with Gasteiger partial charge >= 0.3 is 5.97 Å². The molecule has 0 aliphatic rings. The van der Waals surface area contributed by atoms with Crippen molar-refractivity contribution in [2.45, 2.75) is 33.2 Å². The van der Waals surface area contributed by atoms with Gasteiger partial charge in [0.05, 0.1) is 6.54 Å². The summed E-state index contributed by atoms with van der Waals surface area (Å²) < 4.78 is 4.84. The molecule has 148 valence electrons. The van der Waals surface area contributed by atoms with E-state index in [0.717, 1.165) is 5.56 Å². The zero-order valence-electron chi connectivity index (χ0n) is 16.4. The van der Waals surface area contributed by atoms with Crippen LogP contribution in [-0.4, -0.2) is 60.9 Å². The highest BCUT2D eigenvalue weighted by atomic mass is 16.5. The molecule has 1 rings (SSSR count). The van der Waals surface area contributed by atoms with Crippen LogP contribution in [-0.2, 0) is 19.1 Å². The van der Waals surface area contributed by atoms with Gasteiger partial charge < -0.3 is 20.3 Å². The summed E-state index contributed by atoms with van der Waals surface area (Å²) >= 11 is 0. The fourth-order valence-electron chi connectivity index (χ4n) is 2.11. The summed E-state index contributed by atoms with van der Waals surface area (Å²) in [7, 11) is 1.44. The first kappa shape index (κ1) is 22.1. The lowest BCUT2D eigenvalue weighted by molar-refractivity contribution is -0.151. The van der Waals surface area contributed by atoms with Gasteiger partial charge in [0.15, 0.2) is 6.61 Å². The van der Waals surface area contributed by atoms with E-state index in [1.807, 2.05) is 33.8 Å². The van der Waals surface area contributed by atoms with Gasteiger partial charge in [0.25, 0.3) is 11.8 Å². The van der Waals surface area contributed by atoms with Crippen molar-refractivity contribution in [2.75, 3.05) is 26.7 Å². The first-order chi connectivity index (χ1) is 12.5. The van der Waals surface area contributed by atoms with Gasteiger partial charge in [-0.3, -0.25) is 19.2 Å². The second kappa shape index (κ2) is 9.70. The average molecular weight is 377 g/mol. The molecule has 1 aromatic rings. The van der Waals surface area contributed by atoms with E-state index in [0.29, 0.717) is 5.56 Å². The van der Waals surface area contributed by atoms with Crippen LogP contribution < -0.4 is 10.6 Å². The molecule has 2 N–H and O–H groups in total. The lowest BCUT2D eigenvalue weighted by Crippen LogP contribution is -2.47. The smallest absolute Gasteiger partial charge is 0.325 e. The minimum atomic E-state index is -0.739. The van der Waals surface area contributed by atoms with Crippen LogP contribution >= 0.6 is 0 Å². The maximum atomic E-state index is 11.9. The van der Waals surface area contributed by atoms with Gasteiger partial charge in [0.2, 0.25) is 5.91 Å². The minimum absolute atomic E-state index is 0.141. The standard InChI is InChI=1S/C19H27N3O5/c1-13-7-6-8-14(9-13)18(26)20-10-17(25)27-12-16(24)22(5)11-15(23)21-19(2,3)4/h6-9H,10-12H2,1-5H3,(H,20,26)(H,21,23). The zero-order valence-corrected chi connectivity index (χ0v) is 16.4. The van der Waals surface area contributed by atoms with Crippen molar-refractivity contribution >= 4 is 23.7 Å². The summed E-state index contributed by atoms with van der Waals surface area (Å²) in [6.07, 6.45) is 0. The number of nitrogens with zero attached hydrogens (tertiary/aromatic N) is 1. The quantitative estimate of drug-likeness (QED) is 0.679. The van der Waals surface area contributed by atoms with Crippen molar-refractivity contribution in [1.82, 2.24) is 15.5 Å². The van der Waals surface area contributed by atoms with E-state index in [2.05, 4.69) is 10.6 Å². The highest BCUT2D eigenvalue weighted by molar-refractivity contribution is 5.96. The van der Waals surface area contributed by atoms with Gasteiger partial charge in [-0.25, -0.2) is 0 Å². The molecular formula is C19H27N3O5. The first-order valence-corrected chi connectivity index (χ1v) is 8.53. The molecule has 8 nitrogen and oxygen atoms in total. The Hall–Kier alpha value is -2.90. The van der Waals surface area contributed by atoms with E-state index in [1.165, 1.54) is 11.9 Å². The number of ether oxygens (including phenoxy) is 1. The summed E-state index contributed by atoms with van der Waals surface area (Å²) in [6.45, 7) is 6.36. The summed E-state index contributed by atoms with van der Waals surface area (Å²) in [6, 6.07) is 6.93. The number of likely N-dealkylation sites (N-methyl/N-ethyl adjacent to an activating group) is 1. The van der Waals surface area contributed by atoms with Crippen molar-refractivity contribution in [2.24, 2.45) is 0 Å². The van der Waals surface area contributed by atoms with Crippen LogP contribution in [0.3, 0.4) is 0 Å². The lowest BCUT2D eigenvalue weighted by Gasteiger charge is -2.23. The van der Waals surface area contributed by atoms with Gasteiger partial charge in [-0.05, 0) is 39.8 Å². The third kappa shape index (κ3) is 8.84. The molecule has 3 amide bonds. The van der Waals surface area contributed by atoms with Crippen molar-refractivity contribution in [3.05, 3.63) is 35.4 Å². The molecule has 0 bridgehead atoms. The predicted molar refractivity (Wildman–Crippen MR) is 100 cm³/mol. The van der Waals surface area contributed by atoms with E-state index < -0.39 is 29.9 Å². The van der Waals surface area contributed by atoms with Gasteiger partial charge in [0, 0.05) is 18.2 Å². The van der Waals surface area contributed by atoms with Crippen LogP contribution in [0.5, 0.6) is 0 Å². The van der Waals surface area contributed by atoms with Gasteiger partial charge in [-0.15, -0.1) is 0 Å². The van der Waals surface area contributed by atoms with E-state index >= 15 is 0 Å². The van der Waals surface area contributed by atoms with E-state index in [9.17, 15) is 19.2 Å². The Morgan fingerprint density at radius 2 is 1.81 bits per heavy atom. The Labute approximate surface area is 159 Å². The van der Waals surface area contributed by atoms with Crippen LogP contribution in [0.15, 0.2) is 24.3 Å². The molecule has 0 aliphatic carbocycles. The molecule has 27 heavy (non-hydrogen) atoms. The summed E-state index contributed by atoms with van der Waals surface area (Å²) in [4.78, 5) is 48.5. The Kier molecular flexibility index (Phi) is 7.96. The van der Waals surface area contributed by atoms with E-state index in [-0.39, 0.29) is 19.0 Å². The maximum absolute atomic E-state index is 11.9. The Bertz CT molecular complexity index is 710. The molecule has 0 saturated carbocycles. The number of amides is 3. The van der Waals surface area contributed by atoms with Crippen LogP contribution in [0, 0.1) is 6.92 Å². The number of carbonyl (C=O) groups is 4. The fraction of sp³-hybridized carbons (Fsp3) is 0.474. The maximum Gasteiger partial charge on any atom is 0.325 e. The van der Waals surface area contributed by atoms with Gasteiger partial charge in [-0.2, -0.15) is 0 Å². The number of benzene rings is 1. The number of nitrogens with one attached hydrogen (secondary N) is 2. The second-order valence-corrected chi connectivity index (χ2v) is 7.26. The Morgan fingerprint density at radius 3 is 2.41 bits per heavy atom. The molecule has 0 aliphatic heterocycles. The third-order valence-corrected chi connectivity index (χ3v) is 3.35. The first-order valence-electron chi connectivity index (χ1n) is 8.53. The summed E-state index contributed by atoms with van der Waals surface area (Å²) in [5, 5.41) is 5.17. The molecule has 0 aromatic heterocycles. The topological polar surface area (TPSA) is 105 Å². The molecule has 0 fully saturated rings. The SMILES string of the molecule is Cc1cccc(C(=O)NCC(=O)OCC(=O)N(C)CC(=O)NC(C)(C)C)c1. The normalized spacial score (nSPS) is 10.7. The molecule has 1 aromatic carbocycles. The fourth-order valence-corrected chi connectivity index (χ4v) is 2.11. The number of hydrogen-bond donors (Lipinski definition) is 2. The van der Waals surface area contributed by atoms with Crippen LogP contribution in [0.25, 0.3) is 0 Å². The molecule has 0 atom stereocenters. The largest absolute Gasteiger partial charge is 0.454 e. The molecule has 0 saturated heterocycles. The highest BCUT2D eigenvalue weighted by Crippen LogP contribution is 2.03. The van der Waals surface area contributed by atoms with Gasteiger partial charge in [-0.1, -0.05) is 17.7 Å². The van der Waals surface area contributed by atoms with Crippen molar-refractivity contribution < 1.29 is 23.9 Å². The predicted octanol–water partition coefficient (Wildman–Crippen LogP) is 0.641. The monoisotopic (exact) mass is 377 g/mol. The van der Waals surface area contributed by atoms with Crippen molar-refractivity contribution in [1.29, 1.82) is 0 Å². The number of rotatable bonds is 7. The molecule has 0 spiro atoms. The van der Waals surface area contributed by atoms with Gasteiger partial charge in [0.1, 0.15) is 6.54 Å². The second-order valence-electron chi connectivity index (χ2n) is 7.26. The molecule has 0 unspecified atom stereocenters. The molecular weight excluding hydrogens is 350 g/mol. The van der Waals surface area contributed by atoms with E-state index in [4.69, 9.17) is 4.74 Å². The highest BCUT2D eigenvalue weighted by Gasteiger charge is 2.19. The van der Waals surface area contributed by atoms with E-state index in [1.54, 1.807) is 18.2 Å². The number of hydrogen-bond acceptors (Lipinski definition) is 5.